The Morgan fingerprint density at radius 2 is 1.90 bits per heavy atom. The van der Waals surface area contributed by atoms with Crippen LogP contribution in [0.2, 0.25) is 0 Å². The molecule has 1 amide bonds. The number of hydrogen-bond donors (Lipinski definition) is 2. The third-order valence-corrected chi connectivity index (χ3v) is 2.78. The highest BCUT2D eigenvalue weighted by molar-refractivity contribution is 5.99. The Bertz CT molecular complexity index is 519. The lowest BCUT2D eigenvalue weighted by Crippen LogP contribution is -2.48. The molecule has 6 nitrogen and oxygen atoms in total. The number of amides is 1. The Hall–Kier alpha value is -2.24. The number of methoxy groups -OCH3 is 1. The molecule has 0 spiro atoms. The minimum Gasteiger partial charge on any atom is -0.507 e. The van der Waals surface area contributed by atoms with Crippen LogP contribution in [0.4, 0.5) is 0 Å². The number of aromatic hydroxyl groups is 1. The quantitative estimate of drug-likeness (QED) is 0.877. The van der Waals surface area contributed by atoms with E-state index in [0.29, 0.717) is 5.75 Å². The molecule has 0 heterocycles. The number of phenols is 1. The highest BCUT2D eigenvalue weighted by atomic mass is 16.5. The van der Waals surface area contributed by atoms with E-state index in [2.05, 4.69) is 0 Å². The fraction of sp³-hybridized carbons (Fsp3) is 0.429. The van der Waals surface area contributed by atoms with Crippen molar-refractivity contribution in [1.82, 2.24) is 4.90 Å². The van der Waals surface area contributed by atoms with E-state index in [4.69, 9.17) is 9.84 Å². The van der Waals surface area contributed by atoms with Crippen molar-refractivity contribution < 1.29 is 24.5 Å². The van der Waals surface area contributed by atoms with Gasteiger partial charge < -0.3 is 19.8 Å². The van der Waals surface area contributed by atoms with Gasteiger partial charge in [0.15, 0.2) is 0 Å². The molecule has 0 unspecified atom stereocenters. The highest BCUT2D eigenvalue weighted by Crippen LogP contribution is 2.26. The number of carbonyl (C=O) groups is 2. The third-order valence-electron chi connectivity index (χ3n) is 2.78. The molecule has 0 saturated carbocycles. The summed E-state index contributed by atoms with van der Waals surface area (Å²) in [4.78, 5) is 24.6. The molecule has 0 atom stereocenters. The number of carbonyl (C=O) groups excluding carboxylic acids is 1. The van der Waals surface area contributed by atoms with E-state index in [1.165, 1.54) is 30.2 Å². The first-order valence-electron chi connectivity index (χ1n) is 6.07. The molecule has 1 aromatic rings. The molecular weight excluding hydrogens is 262 g/mol. The zero-order valence-corrected chi connectivity index (χ0v) is 12.0. The minimum absolute atomic E-state index is 0.0144. The van der Waals surface area contributed by atoms with Crippen LogP contribution in [0.3, 0.4) is 0 Å². The number of rotatable bonds is 4. The second-order valence-corrected chi connectivity index (χ2v) is 5.34. The lowest BCUT2D eigenvalue weighted by molar-refractivity contribution is -0.138. The van der Waals surface area contributed by atoms with Gasteiger partial charge in [-0.3, -0.25) is 9.59 Å². The van der Waals surface area contributed by atoms with Crippen LogP contribution in [0.15, 0.2) is 18.2 Å². The maximum absolute atomic E-state index is 12.5. The Labute approximate surface area is 117 Å². The Kier molecular flexibility index (Phi) is 4.60. The van der Waals surface area contributed by atoms with Crippen LogP contribution in [0.5, 0.6) is 11.5 Å². The minimum atomic E-state index is -1.12. The van der Waals surface area contributed by atoms with Crippen molar-refractivity contribution in [2.24, 2.45) is 0 Å². The summed E-state index contributed by atoms with van der Waals surface area (Å²) in [7, 11) is 1.44. The van der Waals surface area contributed by atoms with Crippen LogP contribution in [0.1, 0.15) is 31.1 Å². The predicted octanol–water partition coefficient (Wildman–Crippen LogP) is 1.73. The summed E-state index contributed by atoms with van der Waals surface area (Å²) in [6.07, 6.45) is 0. The number of ether oxygens (including phenoxy) is 1. The number of benzene rings is 1. The molecule has 0 aromatic heterocycles. The van der Waals surface area contributed by atoms with Gasteiger partial charge in [-0.2, -0.15) is 0 Å². The Morgan fingerprint density at radius 3 is 2.35 bits per heavy atom. The van der Waals surface area contributed by atoms with E-state index >= 15 is 0 Å². The molecule has 20 heavy (non-hydrogen) atoms. The molecule has 0 bridgehead atoms. The van der Waals surface area contributed by atoms with Gasteiger partial charge >= 0.3 is 5.97 Å². The smallest absolute Gasteiger partial charge is 0.323 e. The van der Waals surface area contributed by atoms with Crippen molar-refractivity contribution in [3.8, 4) is 11.5 Å². The zero-order valence-electron chi connectivity index (χ0n) is 12.0. The standard InChI is InChI=1S/C14H19NO5/c1-14(2,3)15(8-12(17)18)13(19)10-7-9(20-4)5-6-11(10)16/h5-7,16H,8H2,1-4H3,(H,17,18). The Morgan fingerprint density at radius 1 is 1.30 bits per heavy atom. The average Bonchev–Trinajstić information content (AvgIpc) is 2.34. The molecule has 0 radical (unpaired) electrons. The molecule has 0 fully saturated rings. The fourth-order valence-corrected chi connectivity index (χ4v) is 1.71. The molecule has 110 valence electrons. The van der Waals surface area contributed by atoms with E-state index in [0.717, 1.165) is 0 Å². The zero-order chi connectivity index (χ0) is 15.5. The van der Waals surface area contributed by atoms with Crippen LogP contribution in [-0.4, -0.2) is 46.2 Å². The summed E-state index contributed by atoms with van der Waals surface area (Å²) < 4.78 is 5.01. The SMILES string of the molecule is COc1ccc(O)c(C(=O)N(CC(=O)O)C(C)(C)C)c1. The number of carboxylic acids is 1. The van der Waals surface area contributed by atoms with Crippen molar-refractivity contribution in [2.75, 3.05) is 13.7 Å². The first-order chi connectivity index (χ1) is 9.16. The lowest BCUT2D eigenvalue weighted by atomic mass is 10.0. The molecule has 0 aliphatic carbocycles. The molecule has 6 heteroatoms. The van der Waals surface area contributed by atoms with Crippen molar-refractivity contribution in [2.45, 2.75) is 26.3 Å². The molecule has 1 aromatic carbocycles. The second kappa shape index (κ2) is 5.81. The number of aliphatic carboxylic acids is 1. The molecule has 1 rings (SSSR count). The fourth-order valence-electron chi connectivity index (χ4n) is 1.71. The van der Waals surface area contributed by atoms with Crippen molar-refractivity contribution >= 4 is 11.9 Å². The first-order valence-corrected chi connectivity index (χ1v) is 6.07. The lowest BCUT2D eigenvalue weighted by Gasteiger charge is -2.34. The van der Waals surface area contributed by atoms with E-state index in [-0.39, 0.29) is 11.3 Å². The van der Waals surface area contributed by atoms with Crippen LogP contribution in [0.25, 0.3) is 0 Å². The summed E-state index contributed by atoms with van der Waals surface area (Å²) in [6, 6.07) is 4.25. The van der Waals surface area contributed by atoms with E-state index in [1.54, 1.807) is 20.8 Å². The third kappa shape index (κ3) is 3.63. The van der Waals surface area contributed by atoms with Gasteiger partial charge in [-0.15, -0.1) is 0 Å². The number of nitrogens with zero attached hydrogens (tertiary/aromatic N) is 1. The summed E-state index contributed by atoms with van der Waals surface area (Å²) in [6.45, 7) is 4.74. The largest absolute Gasteiger partial charge is 0.507 e. The maximum atomic E-state index is 12.5. The van der Waals surface area contributed by atoms with Gasteiger partial charge in [-0.25, -0.2) is 0 Å². The van der Waals surface area contributed by atoms with Gasteiger partial charge in [0.1, 0.15) is 18.0 Å². The number of phenolic OH excluding ortho intramolecular Hbond substituents is 1. The van der Waals surface area contributed by atoms with Gasteiger partial charge in [0, 0.05) is 5.54 Å². The van der Waals surface area contributed by atoms with Gasteiger partial charge in [-0.05, 0) is 39.0 Å². The molecule has 0 aliphatic heterocycles. The van der Waals surface area contributed by atoms with E-state index in [9.17, 15) is 14.7 Å². The molecule has 0 aliphatic rings. The van der Waals surface area contributed by atoms with Crippen molar-refractivity contribution in [1.29, 1.82) is 0 Å². The van der Waals surface area contributed by atoms with Gasteiger partial charge in [0.2, 0.25) is 0 Å². The van der Waals surface area contributed by atoms with Crippen molar-refractivity contribution in [3.63, 3.8) is 0 Å². The highest BCUT2D eigenvalue weighted by Gasteiger charge is 2.30. The van der Waals surface area contributed by atoms with Crippen LogP contribution in [0, 0.1) is 0 Å². The van der Waals surface area contributed by atoms with Gasteiger partial charge in [0.05, 0.1) is 12.7 Å². The van der Waals surface area contributed by atoms with Crippen LogP contribution < -0.4 is 4.74 Å². The summed E-state index contributed by atoms with van der Waals surface area (Å²) >= 11 is 0. The monoisotopic (exact) mass is 281 g/mol. The van der Waals surface area contributed by atoms with E-state index in [1.807, 2.05) is 0 Å². The number of hydrogen-bond acceptors (Lipinski definition) is 4. The van der Waals surface area contributed by atoms with Gasteiger partial charge in [0.25, 0.3) is 5.91 Å². The number of carboxylic acid groups (broad SMARTS) is 1. The van der Waals surface area contributed by atoms with Crippen molar-refractivity contribution in [3.05, 3.63) is 23.8 Å². The summed E-state index contributed by atoms with van der Waals surface area (Å²) in [5.74, 6) is -1.47. The topological polar surface area (TPSA) is 87.1 Å². The maximum Gasteiger partial charge on any atom is 0.323 e. The van der Waals surface area contributed by atoms with Crippen LogP contribution >= 0.6 is 0 Å². The molecule has 2 N–H and O–H groups in total. The summed E-state index contributed by atoms with van der Waals surface area (Å²) in [5, 5.41) is 18.7. The van der Waals surface area contributed by atoms with Gasteiger partial charge in [-0.1, -0.05) is 0 Å². The van der Waals surface area contributed by atoms with E-state index < -0.39 is 24.0 Å². The second-order valence-electron chi connectivity index (χ2n) is 5.34. The molecule has 0 saturated heterocycles. The Balaban J connectivity index is 3.21. The summed E-state index contributed by atoms with van der Waals surface area (Å²) in [5.41, 5.74) is -0.675. The predicted molar refractivity (Wildman–Crippen MR) is 73.1 cm³/mol. The normalized spacial score (nSPS) is 11.0. The average molecular weight is 281 g/mol. The van der Waals surface area contributed by atoms with Crippen LogP contribution in [-0.2, 0) is 4.79 Å². The molecular formula is C14H19NO5. The first kappa shape index (κ1) is 15.8.